The van der Waals surface area contributed by atoms with Crippen molar-refractivity contribution < 1.29 is 4.79 Å². The highest BCUT2D eigenvalue weighted by molar-refractivity contribution is 9.10. The summed E-state index contributed by atoms with van der Waals surface area (Å²) in [6, 6.07) is 14.7. The number of hydrogen-bond donors (Lipinski definition) is 1. The van der Waals surface area contributed by atoms with E-state index in [1.165, 1.54) is 0 Å². The molecule has 4 heteroatoms. The van der Waals surface area contributed by atoms with Crippen LogP contribution in [0.15, 0.2) is 53.0 Å². The monoisotopic (exact) mass is 304 g/mol. The summed E-state index contributed by atoms with van der Waals surface area (Å²) < 4.78 is 0.860. The lowest BCUT2D eigenvalue weighted by Gasteiger charge is -2.18. The third-order valence-electron chi connectivity index (χ3n) is 2.69. The number of rotatable bonds is 2. The van der Waals surface area contributed by atoms with Gasteiger partial charge in [0, 0.05) is 22.9 Å². The van der Waals surface area contributed by atoms with Crippen molar-refractivity contribution in [2.75, 3.05) is 17.7 Å². The zero-order chi connectivity index (χ0) is 13.1. The van der Waals surface area contributed by atoms with Crippen molar-refractivity contribution in [3.05, 3.63) is 58.6 Å². The van der Waals surface area contributed by atoms with E-state index in [4.69, 9.17) is 5.73 Å². The lowest BCUT2D eigenvalue weighted by Crippen LogP contribution is -2.26. The Balaban J connectivity index is 2.32. The Kier molecular flexibility index (Phi) is 3.67. The molecule has 0 unspecified atom stereocenters. The van der Waals surface area contributed by atoms with Gasteiger partial charge in [-0.3, -0.25) is 4.79 Å². The Hall–Kier alpha value is -1.81. The summed E-state index contributed by atoms with van der Waals surface area (Å²) in [6.45, 7) is 0. The highest BCUT2D eigenvalue weighted by Gasteiger charge is 2.15. The maximum Gasteiger partial charge on any atom is 0.260 e. The van der Waals surface area contributed by atoms with Gasteiger partial charge in [-0.05, 0) is 30.3 Å². The van der Waals surface area contributed by atoms with Gasteiger partial charge in [-0.15, -0.1) is 0 Å². The lowest BCUT2D eigenvalue weighted by molar-refractivity contribution is 0.0994. The van der Waals surface area contributed by atoms with E-state index >= 15 is 0 Å². The molecular formula is C14H13BrN2O. The second-order valence-corrected chi connectivity index (χ2v) is 4.85. The Morgan fingerprint density at radius 2 is 1.83 bits per heavy atom. The number of carbonyl (C=O) groups excluding carboxylic acids is 1. The molecule has 1 amide bonds. The lowest BCUT2D eigenvalue weighted by atomic mass is 10.1. The fourth-order valence-electron chi connectivity index (χ4n) is 1.68. The summed E-state index contributed by atoms with van der Waals surface area (Å²) in [5.41, 5.74) is 7.67. The summed E-state index contributed by atoms with van der Waals surface area (Å²) in [6.07, 6.45) is 0. The molecule has 2 aromatic rings. The van der Waals surface area contributed by atoms with Gasteiger partial charge < -0.3 is 10.6 Å². The molecule has 0 radical (unpaired) electrons. The number of nitrogens with two attached hydrogens (primary N) is 1. The van der Waals surface area contributed by atoms with Crippen LogP contribution < -0.4 is 10.6 Å². The Labute approximate surface area is 114 Å². The summed E-state index contributed by atoms with van der Waals surface area (Å²) in [5.74, 6) is -0.119. The zero-order valence-corrected chi connectivity index (χ0v) is 11.5. The van der Waals surface area contributed by atoms with Gasteiger partial charge in [-0.1, -0.05) is 34.1 Å². The van der Waals surface area contributed by atoms with Gasteiger partial charge in [0.25, 0.3) is 5.91 Å². The van der Waals surface area contributed by atoms with Gasteiger partial charge in [-0.25, -0.2) is 0 Å². The van der Waals surface area contributed by atoms with Crippen molar-refractivity contribution in [2.24, 2.45) is 0 Å². The molecule has 0 atom stereocenters. The molecule has 0 fully saturated rings. The minimum atomic E-state index is -0.119. The number of carbonyl (C=O) groups is 1. The smallest absolute Gasteiger partial charge is 0.260 e. The van der Waals surface area contributed by atoms with Crippen LogP contribution in [-0.2, 0) is 0 Å². The third kappa shape index (κ3) is 2.54. The van der Waals surface area contributed by atoms with Crippen molar-refractivity contribution in [3.63, 3.8) is 0 Å². The Morgan fingerprint density at radius 3 is 2.44 bits per heavy atom. The Morgan fingerprint density at radius 1 is 1.17 bits per heavy atom. The quantitative estimate of drug-likeness (QED) is 0.865. The van der Waals surface area contributed by atoms with E-state index in [0.717, 1.165) is 10.2 Å². The summed E-state index contributed by atoms with van der Waals surface area (Å²) >= 11 is 3.32. The minimum Gasteiger partial charge on any atom is -0.398 e. The molecule has 0 aliphatic carbocycles. The molecule has 0 spiro atoms. The van der Waals surface area contributed by atoms with Crippen LogP contribution in [0.1, 0.15) is 10.4 Å². The van der Waals surface area contributed by atoms with Crippen LogP contribution in [0.4, 0.5) is 11.4 Å². The number of amides is 1. The molecule has 18 heavy (non-hydrogen) atoms. The average molecular weight is 305 g/mol. The second kappa shape index (κ2) is 5.23. The van der Waals surface area contributed by atoms with Gasteiger partial charge in [0.2, 0.25) is 0 Å². The molecular weight excluding hydrogens is 292 g/mol. The number of hydrogen-bond acceptors (Lipinski definition) is 2. The molecule has 0 saturated heterocycles. The fourth-order valence-corrected chi connectivity index (χ4v) is 2.06. The number of nitrogens with zero attached hydrogens (tertiary/aromatic N) is 1. The van der Waals surface area contributed by atoms with Crippen molar-refractivity contribution >= 4 is 33.2 Å². The largest absolute Gasteiger partial charge is 0.398 e. The predicted molar refractivity (Wildman–Crippen MR) is 77.7 cm³/mol. The van der Waals surface area contributed by atoms with E-state index in [0.29, 0.717) is 11.3 Å². The van der Waals surface area contributed by atoms with Crippen LogP contribution in [0.3, 0.4) is 0 Å². The first-order chi connectivity index (χ1) is 8.59. The molecule has 92 valence electrons. The highest BCUT2D eigenvalue weighted by atomic mass is 79.9. The van der Waals surface area contributed by atoms with Crippen LogP contribution in [-0.4, -0.2) is 13.0 Å². The molecule has 2 aromatic carbocycles. The zero-order valence-electron chi connectivity index (χ0n) is 9.93. The van der Waals surface area contributed by atoms with Gasteiger partial charge >= 0.3 is 0 Å². The number of benzene rings is 2. The van der Waals surface area contributed by atoms with Crippen LogP contribution in [0.5, 0.6) is 0 Å². The topological polar surface area (TPSA) is 46.3 Å². The number of halogens is 1. The number of para-hydroxylation sites is 1. The van der Waals surface area contributed by atoms with E-state index in [1.54, 1.807) is 24.1 Å². The maximum absolute atomic E-state index is 12.3. The molecule has 0 aliphatic heterocycles. The predicted octanol–water partition coefficient (Wildman–Crippen LogP) is 3.31. The highest BCUT2D eigenvalue weighted by Crippen LogP contribution is 2.22. The molecule has 0 bridgehead atoms. The van der Waals surface area contributed by atoms with Gasteiger partial charge in [0.05, 0.1) is 5.56 Å². The minimum absolute atomic E-state index is 0.119. The van der Waals surface area contributed by atoms with Crippen LogP contribution >= 0.6 is 15.9 Å². The van der Waals surface area contributed by atoms with Crippen molar-refractivity contribution in [1.29, 1.82) is 0 Å². The molecule has 3 nitrogen and oxygen atoms in total. The normalized spacial score (nSPS) is 10.1. The van der Waals surface area contributed by atoms with Crippen molar-refractivity contribution in [1.82, 2.24) is 0 Å². The molecule has 2 rings (SSSR count). The van der Waals surface area contributed by atoms with E-state index < -0.39 is 0 Å². The summed E-state index contributed by atoms with van der Waals surface area (Å²) in [5, 5.41) is 0. The molecule has 0 aromatic heterocycles. The fraction of sp³-hybridized carbons (Fsp3) is 0.0714. The number of anilines is 2. The second-order valence-electron chi connectivity index (χ2n) is 3.93. The van der Waals surface area contributed by atoms with Crippen molar-refractivity contribution in [2.45, 2.75) is 0 Å². The third-order valence-corrected chi connectivity index (χ3v) is 3.19. The SMILES string of the molecule is CN(C(=O)c1ccc(Br)cc1N)c1ccccc1. The Bertz CT molecular complexity index is 569. The van der Waals surface area contributed by atoms with E-state index in [-0.39, 0.29) is 5.91 Å². The van der Waals surface area contributed by atoms with Gasteiger partial charge in [0.1, 0.15) is 0 Å². The first-order valence-electron chi connectivity index (χ1n) is 5.47. The molecule has 0 saturated carbocycles. The van der Waals surface area contributed by atoms with Gasteiger partial charge in [0.15, 0.2) is 0 Å². The van der Waals surface area contributed by atoms with Crippen LogP contribution in [0.25, 0.3) is 0 Å². The molecule has 0 heterocycles. The average Bonchev–Trinajstić information content (AvgIpc) is 2.38. The first kappa shape index (κ1) is 12.6. The molecule has 2 N–H and O–H groups in total. The van der Waals surface area contributed by atoms with Crippen LogP contribution in [0, 0.1) is 0 Å². The van der Waals surface area contributed by atoms with Crippen molar-refractivity contribution in [3.8, 4) is 0 Å². The van der Waals surface area contributed by atoms with E-state index in [9.17, 15) is 4.79 Å². The molecule has 0 aliphatic rings. The van der Waals surface area contributed by atoms with E-state index in [1.807, 2.05) is 36.4 Å². The van der Waals surface area contributed by atoms with E-state index in [2.05, 4.69) is 15.9 Å². The number of nitrogen functional groups attached to an aromatic ring is 1. The summed E-state index contributed by atoms with van der Waals surface area (Å²) in [4.78, 5) is 13.9. The van der Waals surface area contributed by atoms with Crippen LogP contribution in [0.2, 0.25) is 0 Å². The first-order valence-corrected chi connectivity index (χ1v) is 6.27. The standard InChI is InChI=1S/C14H13BrN2O/c1-17(11-5-3-2-4-6-11)14(18)12-8-7-10(15)9-13(12)16/h2-9H,16H2,1H3. The van der Waals surface area contributed by atoms with Gasteiger partial charge in [-0.2, -0.15) is 0 Å². The summed E-state index contributed by atoms with van der Waals surface area (Å²) in [7, 11) is 1.74. The maximum atomic E-state index is 12.3.